The second kappa shape index (κ2) is 4.60. The van der Waals surface area contributed by atoms with Crippen molar-refractivity contribution in [1.82, 2.24) is 0 Å². The van der Waals surface area contributed by atoms with E-state index in [0.29, 0.717) is 6.61 Å². The van der Waals surface area contributed by atoms with Crippen molar-refractivity contribution in [3.63, 3.8) is 0 Å². The first-order valence-electron chi connectivity index (χ1n) is 5.49. The van der Waals surface area contributed by atoms with Gasteiger partial charge >= 0.3 is 0 Å². The van der Waals surface area contributed by atoms with Crippen molar-refractivity contribution in [2.75, 3.05) is 7.11 Å². The zero-order valence-electron chi connectivity index (χ0n) is 9.40. The van der Waals surface area contributed by atoms with E-state index < -0.39 is 0 Å². The van der Waals surface area contributed by atoms with Crippen LogP contribution in [0.5, 0.6) is 0 Å². The van der Waals surface area contributed by atoms with E-state index in [0.717, 1.165) is 30.4 Å². The molecule has 0 heterocycles. The fourth-order valence-corrected chi connectivity index (χ4v) is 2.30. The number of carbonyl (C=O) groups excluding carboxylic acids is 1. The van der Waals surface area contributed by atoms with Gasteiger partial charge in [-0.25, -0.2) is 4.79 Å². The Bertz CT molecular complexity index is 418. The van der Waals surface area contributed by atoms with Crippen LogP contribution in [0.2, 0.25) is 0 Å². The lowest BCUT2D eigenvalue weighted by Crippen LogP contribution is -2.33. The molecule has 0 amide bonds. The van der Waals surface area contributed by atoms with E-state index in [4.69, 9.17) is 4.74 Å². The van der Waals surface area contributed by atoms with Gasteiger partial charge in [-0.15, -0.1) is 0 Å². The van der Waals surface area contributed by atoms with Gasteiger partial charge in [0.05, 0.1) is 12.1 Å². The van der Waals surface area contributed by atoms with Gasteiger partial charge in [0.1, 0.15) is 0 Å². The van der Waals surface area contributed by atoms with Gasteiger partial charge in [0.2, 0.25) is 6.08 Å². The molecule has 0 bridgehead atoms. The second-order valence-corrected chi connectivity index (χ2v) is 4.18. The Hall–Kier alpha value is -1.44. The lowest BCUT2D eigenvalue weighted by atomic mass is 9.71. The van der Waals surface area contributed by atoms with Crippen LogP contribution in [-0.4, -0.2) is 13.2 Å². The number of nitrogens with zero attached hydrogens (tertiary/aromatic N) is 1. The van der Waals surface area contributed by atoms with Gasteiger partial charge in [-0.05, 0) is 30.4 Å². The quantitative estimate of drug-likeness (QED) is 0.574. The van der Waals surface area contributed by atoms with Gasteiger partial charge in [-0.2, -0.15) is 4.99 Å². The maximum atomic E-state index is 10.5. The number of aliphatic imine (C=N–C) groups is 1. The average molecular weight is 217 g/mol. The summed E-state index contributed by atoms with van der Waals surface area (Å²) in [6.45, 7) is 0.562. The lowest BCUT2D eigenvalue weighted by Gasteiger charge is -2.38. The molecule has 0 radical (unpaired) electrons. The number of hydrogen-bond acceptors (Lipinski definition) is 3. The molecule has 0 unspecified atom stereocenters. The third-order valence-electron chi connectivity index (χ3n) is 3.26. The van der Waals surface area contributed by atoms with Crippen molar-refractivity contribution in [2.24, 2.45) is 4.99 Å². The van der Waals surface area contributed by atoms with Crippen LogP contribution >= 0.6 is 0 Å². The highest BCUT2D eigenvalue weighted by Gasteiger charge is 2.40. The molecule has 3 nitrogen and oxygen atoms in total. The van der Waals surface area contributed by atoms with Crippen LogP contribution in [0.25, 0.3) is 0 Å². The van der Waals surface area contributed by atoms with Crippen LogP contribution < -0.4 is 0 Å². The average Bonchev–Trinajstić information content (AvgIpc) is 2.25. The van der Waals surface area contributed by atoms with E-state index in [1.807, 2.05) is 24.3 Å². The van der Waals surface area contributed by atoms with Crippen LogP contribution in [0.4, 0.5) is 0 Å². The molecule has 1 saturated carbocycles. The zero-order valence-corrected chi connectivity index (χ0v) is 9.40. The zero-order chi connectivity index (χ0) is 11.4. The molecule has 0 aromatic heterocycles. The Morgan fingerprint density at radius 3 is 2.75 bits per heavy atom. The molecule has 2 rings (SSSR count). The molecule has 84 valence electrons. The SMILES string of the molecule is COCc1ccccc1C1(N=C=O)CCC1. The number of benzene rings is 1. The monoisotopic (exact) mass is 217 g/mol. The highest BCUT2D eigenvalue weighted by atomic mass is 16.5. The molecule has 0 N–H and O–H groups in total. The fourth-order valence-electron chi connectivity index (χ4n) is 2.30. The number of hydrogen-bond donors (Lipinski definition) is 0. The molecule has 1 fully saturated rings. The van der Waals surface area contributed by atoms with Crippen LogP contribution in [0, 0.1) is 0 Å². The summed E-state index contributed by atoms with van der Waals surface area (Å²) in [4.78, 5) is 14.5. The van der Waals surface area contributed by atoms with E-state index >= 15 is 0 Å². The molecule has 0 saturated heterocycles. The third kappa shape index (κ3) is 1.80. The minimum absolute atomic E-state index is 0.323. The predicted molar refractivity (Wildman–Crippen MR) is 60.8 cm³/mol. The predicted octanol–water partition coefficient (Wildman–Crippen LogP) is 2.55. The molecule has 1 aromatic carbocycles. The van der Waals surface area contributed by atoms with Gasteiger partial charge in [-0.3, -0.25) is 0 Å². The Morgan fingerprint density at radius 2 is 2.19 bits per heavy atom. The van der Waals surface area contributed by atoms with Gasteiger partial charge in [-0.1, -0.05) is 24.3 Å². The summed E-state index contributed by atoms with van der Waals surface area (Å²) in [7, 11) is 1.67. The topological polar surface area (TPSA) is 38.7 Å². The summed E-state index contributed by atoms with van der Waals surface area (Å²) in [6, 6.07) is 8.03. The number of isocyanates is 1. The van der Waals surface area contributed by atoms with Crippen molar-refractivity contribution in [3.05, 3.63) is 35.4 Å². The molecule has 3 heteroatoms. The first-order valence-corrected chi connectivity index (χ1v) is 5.49. The van der Waals surface area contributed by atoms with Gasteiger partial charge in [0.15, 0.2) is 0 Å². The standard InChI is InChI=1S/C13H15NO2/c1-16-9-11-5-2-3-6-12(11)13(14-10-15)7-4-8-13/h2-3,5-6H,4,7-9H2,1H3. The Kier molecular flexibility index (Phi) is 3.18. The van der Waals surface area contributed by atoms with Crippen molar-refractivity contribution in [2.45, 2.75) is 31.4 Å². The van der Waals surface area contributed by atoms with Gasteiger partial charge < -0.3 is 4.74 Å². The highest BCUT2D eigenvalue weighted by Crippen LogP contribution is 2.45. The van der Waals surface area contributed by atoms with Gasteiger partial charge in [0.25, 0.3) is 0 Å². The van der Waals surface area contributed by atoms with E-state index in [-0.39, 0.29) is 5.54 Å². The number of rotatable bonds is 4. The van der Waals surface area contributed by atoms with Crippen LogP contribution in [0.1, 0.15) is 30.4 Å². The molecule has 0 spiro atoms. The minimum Gasteiger partial charge on any atom is -0.380 e. The van der Waals surface area contributed by atoms with Crippen molar-refractivity contribution in [3.8, 4) is 0 Å². The minimum atomic E-state index is -0.323. The van der Waals surface area contributed by atoms with Crippen molar-refractivity contribution < 1.29 is 9.53 Å². The second-order valence-electron chi connectivity index (χ2n) is 4.18. The van der Waals surface area contributed by atoms with Crippen LogP contribution in [0.15, 0.2) is 29.3 Å². The summed E-state index contributed by atoms with van der Waals surface area (Å²) >= 11 is 0. The fraction of sp³-hybridized carbons (Fsp3) is 0.462. The molecule has 1 aliphatic rings. The number of methoxy groups -OCH3 is 1. The van der Waals surface area contributed by atoms with E-state index in [2.05, 4.69) is 4.99 Å². The largest absolute Gasteiger partial charge is 0.380 e. The summed E-state index contributed by atoms with van der Waals surface area (Å²) in [6.07, 6.45) is 4.70. The van der Waals surface area contributed by atoms with E-state index in [9.17, 15) is 4.79 Å². The van der Waals surface area contributed by atoms with E-state index in [1.165, 1.54) is 0 Å². The molecule has 16 heavy (non-hydrogen) atoms. The Labute approximate surface area is 95.2 Å². The summed E-state index contributed by atoms with van der Waals surface area (Å²) in [5.74, 6) is 0. The Morgan fingerprint density at radius 1 is 1.44 bits per heavy atom. The molecule has 1 aliphatic carbocycles. The van der Waals surface area contributed by atoms with Crippen LogP contribution in [0.3, 0.4) is 0 Å². The lowest BCUT2D eigenvalue weighted by molar-refractivity contribution is 0.178. The normalized spacial score (nSPS) is 17.3. The maximum Gasteiger partial charge on any atom is 0.235 e. The van der Waals surface area contributed by atoms with Gasteiger partial charge in [0, 0.05) is 7.11 Å². The van der Waals surface area contributed by atoms with Crippen molar-refractivity contribution in [1.29, 1.82) is 0 Å². The molecule has 1 aromatic rings. The highest BCUT2D eigenvalue weighted by molar-refractivity contribution is 5.42. The molecular weight excluding hydrogens is 202 g/mol. The maximum absolute atomic E-state index is 10.5. The smallest absolute Gasteiger partial charge is 0.235 e. The third-order valence-corrected chi connectivity index (χ3v) is 3.26. The first-order chi connectivity index (χ1) is 7.82. The molecule has 0 atom stereocenters. The summed E-state index contributed by atoms with van der Waals surface area (Å²) in [5.41, 5.74) is 1.91. The molecule has 0 aliphatic heterocycles. The Balaban J connectivity index is 2.41. The first kappa shape index (κ1) is 11.1. The summed E-state index contributed by atoms with van der Waals surface area (Å²) in [5, 5.41) is 0. The van der Waals surface area contributed by atoms with E-state index in [1.54, 1.807) is 13.2 Å². The summed E-state index contributed by atoms with van der Waals surface area (Å²) < 4.78 is 5.17. The number of ether oxygens (including phenoxy) is 1. The molecular formula is C13H15NO2. The van der Waals surface area contributed by atoms with Crippen LogP contribution in [-0.2, 0) is 21.7 Å². The van der Waals surface area contributed by atoms with Crippen molar-refractivity contribution >= 4 is 6.08 Å².